The van der Waals surface area contributed by atoms with Crippen molar-refractivity contribution in [1.29, 1.82) is 0 Å². The molecule has 2 aromatic carbocycles. The highest BCUT2D eigenvalue weighted by molar-refractivity contribution is 9.10. The zero-order valence-electron chi connectivity index (χ0n) is 11.9. The average Bonchev–Trinajstić information content (AvgIpc) is 2.99. The fraction of sp³-hybridized carbons (Fsp3) is 0.188. The highest BCUT2D eigenvalue weighted by atomic mass is 79.9. The second kappa shape index (κ2) is 7.10. The molecular weight excluding hydrogens is 388 g/mol. The number of hydrogen-bond acceptors (Lipinski definition) is 5. The number of esters is 1. The van der Waals surface area contributed by atoms with E-state index >= 15 is 0 Å². The Morgan fingerprint density at radius 1 is 1.17 bits per heavy atom. The van der Waals surface area contributed by atoms with Gasteiger partial charge in [-0.3, -0.25) is 0 Å². The van der Waals surface area contributed by atoms with E-state index in [1.165, 1.54) is 0 Å². The quantitative estimate of drug-likeness (QED) is 0.713. The number of fused-ring (bicyclic) bond motifs is 1. The molecule has 0 N–H and O–H groups in total. The second-order valence-corrected chi connectivity index (χ2v) is 5.99. The van der Waals surface area contributed by atoms with Crippen LogP contribution in [0, 0.1) is 0 Å². The Hall–Kier alpha value is -1.92. The van der Waals surface area contributed by atoms with Crippen molar-refractivity contribution in [1.82, 2.24) is 0 Å². The third kappa shape index (κ3) is 4.09. The summed E-state index contributed by atoms with van der Waals surface area (Å²) in [5, 5.41) is 0.604. The van der Waals surface area contributed by atoms with Crippen LogP contribution in [0.2, 0.25) is 5.02 Å². The normalized spacial score (nSPS) is 12.1. The van der Waals surface area contributed by atoms with Crippen LogP contribution < -0.4 is 14.2 Å². The van der Waals surface area contributed by atoms with Crippen molar-refractivity contribution in [3.63, 3.8) is 0 Å². The van der Waals surface area contributed by atoms with E-state index in [0.717, 1.165) is 10.0 Å². The highest BCUT2D eigenvalue weighted by Gasteiger charge is 2.17. The molecule has 5 nitrogen and oxygen atoms in total. The van der Waals surface area contributed by atoms with Crippen molar-refractivity contribution >= 4 is 33.5 Å². The van der Waals surface area contributed by atoms with Crippen molar-refractivity contribution in [3.05, 3.63) is 51.5 Å². The van der Waals surface area contributed by atoms with E-state index < -0.39 is 5.97 Å². The maximum absolute atomic E-state index is 11.8. The molecule has 0 aromatic heterocycles. The van der Waals surface area contributed by atoms with E-state index in [1.807, 2.05) is 0 Å². The Kier molecular flexibility index (Phi) is 4.93. The lowest BCUT2D eigenvalue weighted by Crippen LogP contribution is -2.14. The topological polar surface area (TPSA) is 54.0 Å². The number of benzene rings is 2. The first-order valence-corrected chi connectivity index (χ1v) is 7.91. The third-order valence-electron chi connectivity index (χ3n) is 3.10. The minimum absolute atomic E-state index is 0.111. The Morgan fingerprint density at radius 3 is 2.61 bits per heavy atom. The molecule has 2 aromatic rings. The van der Waals surface area contributed by atoms with Crippen LogP contribution in [0.15, 0.2) is 40.9 Å². The summed E-state index contributed by atoms with van der Waals surface area (Å²) in [6.45, 7) is 0.129. The predicted molar refractivity (Wildman–Crippen MR) is 87.0 cm³/mol. The summed E-state index contributed by atoms with van der Waals surface area (Å²) in [6, 6.07) is 10.3. The minimum Gasteiger partial charge on any atom is -0.482 e. The fourth-order valence-electron chi connectivity index (χ4n) is 1.94. The van der Waals surface area contributed by atoms with Gasteiger partial charge in [-0.15, -0.1) is 0 Å². The van der Waals surface area contributed by atoms with Crippen LogP contribution in [0.25, 0.3) is 0 Å². The maximum atomic E-state index is 11.8. The number of ether oxygens (including phenoxy) is 4. The molecule has 0 saturated heterocycles. The minimum atomic E-state index is -0.468. The number of carbonyl (C=O) groups excluding carboxylic acids is 1. The summed E-state index contributed by atoms with van der Waals surface area (Å²) in [6.07, 6.45) is 0. The van der Waals surface area contributed by atoms with Gasteiger partial charge in [0.25, 0.3) is 0 Å². The molecule has 0 aliphatic carbocycles. The third-order valence-corrected chi connectivity index (χ3v) is 4.09. The molecule has 0 atom stereocenters. The molecule has 0 saturated carbocycles. The first-order valence-electron chi connectivity index (χ1n) is 6.74. The van der Waals surface area contributed by atoms with Gasteiger partial charge in [-0.1, -0.05) is 27.5 Å². The lowest BCUT2D eigenvalue weighted by atomic mass is 10.2. The van der Waals surface area contributed by atoms with Gasteiger partial charge in [0.05, 0.1) is 0 Å². The monoisotopic (exact) mass is 398 g/mol. The van der Waals surface area contributed by atoms with E-state index in [-0.39, 0.29) is 20.0 Å². The smallest absolute Gasteiger partial charge is 0.344 e. The van der Waals surface area contributed by atoms with Gasteiger partial charge in [-0.05, 0) is 36.4 Å². The predicted octanol–water partition coefficient (Wildman–Crippen LogP) is 3.95. The van der Waals surface area contributed by atoms with Crippen LogP contribution in [0.3, 0.4) is 0 Å². The van der Waals surface area contributed by atoms with Crippen molar-refractivity contribution in [2.24, 2.45) is 0 Å². The summed E-state index contributed by atoms with van der Waals surface area (Å²) in [5.74, 6) is 1.38. The van der Waals surface area contributed by atoms with Crippen LogP contribution >= 0.6 is 27.5 Å². The number of halogens is 2. The summed E-state index contributed by atoms with van der Waals surface area (Å²) in [4.78, 5) is 11.8. The Balaban J connectivity index is 1.52. The van der Waals surface area contributed by atoms with Gasteiger partial charge in [-0.2, -0.15) is 0 Å². The zero-order chi connectivity index (χ0) is 16.2. The van der Waals surface area contributed by atoms with Gasteiger partial charge < -0.3 is 18.9 Å². The van der Waals surface area contributed by atoms with Crippen LogP contribution in [0.4, 0.5) is 0 Å². The Morgan fingerprint density at radius 2 is 1.87 bits per heavy atom. The molecule has 0 spiro atoms. The van der Waals surface area contributed by atoms with E-state index in [2.05, 4.69) is 15.9 Å². The zero-order valence-corrected chi connectivity index (χ0v) is 14.2. The lowest BCUT2D eigenvalue weighted by molar-refractivity contribution is -0.147. The molecule has 1 aliphatic rings. The number of rotatable bonds is 5. The van der Waals surface area contributed by atoms with Gasteiger partial charge >= 0.3 is 5.97 Å². The van der Waals surface area contributed by atoms with E-state index in [9.17, 15) is 4.79 Å². The molecule has 1 heterocycles. The standard InChI is InChI=1S/C16H12BrClO5/c17-13-6-15-14(22-9-23-15)5-10(13)7-21-16(19)8-20-12-3-1-11(18)2-4-12/h1-6H,7-9H2. The molecule has 7 heteroatoms. The molecule has 0 radical (unpaired) electrons. The first kappa shape index (κ1) is 16.0. The molecule has 23 heavy (non-hydrogen) atoms. The SMILES string of the molecule is O=C(COc1ccc(Cl)cc1)OCc1cc2c(cc1Br)OCO2. The lowest BCUT2D eigenvalue weighted by Gasteiger charge is -2.09. The summed E-state index contributed by atoms with van der Waals surface area (Å²) < 4.78 is 21.9. The Bertz CT molecular complexity index is 717. The van der Waals surface area contributed by atoms with Crippen LogP contribution in [0.1, 0.15) is 5.56 Å². The van der Waals surface area contributed by atoms with Crippen molar-refractivity contribution < 1.29 is 23.7 Å². The second-order valence-electron chi connectivity index (χ2n) is 4.70. The highest BCUT2D eigenvalue weighted by Crippen LogP contribution is 2.37. The van der Waals surface area contributed by atoms with Gasteiger partial charge in [0.1, 0.15) is 12.4 Å². The number of carbonyl (C=O) groups is 1. The molecular formula is C16H12BrClO5. The largest absolute Gasteiger partial charge is 0.482 e. The first-order chi connectivity index (χ1) is 11.1. The Labute approximate surface area is 146 Å². The summed E-state index contributed by atoms with van der Waals surface area (Å²) in [5.41, 5.74) is 0.786. The van der Waals surface area contributed by atoms with E-state index in [0.29, 0.717) is 22.3 Å². The van der Waals surface area contributed by atoms with Crippen molar-refractivity contribution in [2.45, 2.75) is 6.61 Å². The summed E-state index contributed by atoms with van der Waals surface area (Å²) in [7, 11) is 0. The maximum Gasteiger partial charge on any atom is 0.344 e. The van der Waals surface area contributed by atoms with Gasteiger partial charge in [-0.25, -0.2) is 4.79 Å². The van der Waals surface area contributed by atoms with Gasteiger partial charge in [0.2, 0.25) is 6.79 Å². The molecule has 0 amide bonds. The molecule has 120 valence electrons. The van der Waals surface area contributed by atoms with E-state index in [1.54, 1.807) is 36.4 Å². The van der Waals surface area contributed by atoms with Crippen LogP contribution in [-0.4, -0.2) is 19.4 Å². The fourth-order valence-corrected chi connectivity index (χ4v) is 2.51. The molecule has 1 aliphatic heterocycles. The summed E-state index contributed by atoms with van der Waals surface area (Å²) >= 11 is 9.19. The van der Waals surface area contributed by atoms with Gasteiger partial charge in [0.15, 0.2) is 18.1 Å². The number of hydrogen-bond donors (Lipinski definition) is 0. The van der Waals surface area contributed by atoms with Crippen LogP contribution in [0.5, 0.6) is 17.2 Å². The van der Waals surface area contributed by atoms with Crippen molar-refractivity contribution in [2.75, 3.05) is 13.4 Å². The van der Waals surface area contributed by atoms with E-state index in [4.69, 9.17) is 30.5 Å². The van der Waals surface area contributed by atoms with Gasteiger partial charge in [0, 0.05) is 15.1 Å². The molecule has 0 fully saturated rings. The molecule has 0 bridgehead atoms. The average molecular weight is 400 g/mol. The van der Waals surface area contributed by atoms with Crippen molar-refractivity contribution in [3.8, 4) is 17.2 Å². The molecule has 3 rings (SSSR count). The molecule has 0 unspecified atom stereocenters. The van der Waals surface area contributed by atoms with Crippen LogP contribution in [-0.2, 0) is 16.1 Å².